The van der Waals surface area contributed by atoms with E-state index < -0.39 is 12.3 Å². The van der Waals surface area contributed by atoms with Crippen molar-refractivity contribution < 1.29 is 27.8 Å². The average molecular weight is 583 g/mol. The van der Waals surface area contributed by atoms with Crippen LogP contribution in [0, 0.1) is 6.92 Å². The van der Waals surface area contributed by atoms with E-state index in [1.54, 1.807) is 14.2 Å². The predicted molar refractivity (Wildman–Crippen MR) is 160 cm³/mol. The van der Waals surface area contributed by atoms with Gasteiger partial charge in [-0.1, -0.05) is 42.0 Å². The maximum atomic E-state index is 11.6. The molecule has 1 N–H and O–H groups in total. The number of carbonyl (C=O) groups is 1. The van der Waals surface area contributed by atoms with Gasteiger partial charge in [0.1, 0.15) is 5.60 Å². The Morgan fingerprint density at radius 2 is 1.74 bits per heavy atom. The van der Waals surface area contributed by atoms with E-state index in [0.29, 0.717) is 13.2 Å². The van der Waals surface area contributed by atoms with Crippen molar-refractivity contribution in [1.29, 1.82) is 0 Å². The molecule has 2 heterocycles. The lowest BCUT2D eigenvalue weighted by molar-refractivity contribution is -0.117. The molecule has 7 nitrogen and oxygen atoms in total. The lowest BCUT2D eigenvalue weighted by Gasteiger charge is -2.24. The number of hydrogen-bond acceptors (Lipinski definition) is 4. The number of fused-ring (bicyclic) bond motifs is 2. The first-order valence-corrected chi connectivity index (χ1v) is 13.5. The first-order valence-electron chi connectivity index (χ1n) is 13.5. The van der Waals surface area contributed by atoms with Crippen LogP contribution in [0.15, 0.2) is 79.1 Å². The molecule has 2 aromatic heterocycles. The fourth-order valence-electron chi connectivity index (χ4n) is 4.57. The molecule has 42 heavy (non-hydrogen) atoms. The van der Waals surface area contributed by atoms with Crippen molar-refractivity contribution in [1.82, 2.24) is 19.2 Å². The van der Waals surface area contributed by atoms with Gasteiger partial charge in [0.15, 0.2) is 0 Å². The fourth-order valence-corrected chi connectivity index (χ4v) is 4.57. The summed E-state index contributed by atoms with van der Waals surface area (Å²) < 4.78 is 37.8. The summed E-state index contributed by atoms with van der Waals surface area (Å²) in [5.41, 5.74) is 5.08. The minimum atomic E-state index is -3.67. The predicted octanol–water partition coefficient (Wildman–Crippen LogP) is 6.46. The first kappa shape index (κ1) is 32.4. The fraction of sp³-hybridized carbons (Fsp3) is 0.312. The molecule has 0 radical (unpaired) electrons. The van der Waals surface area contributed by atoms with Gasteiger partial charge in [-0.25, -0.2) is 4.68 Å². The van der Waals surface area contributed by atoms with Gasteiger partial charge in [-0.3, -0.25) is 4.79 Å². The molecular weight excluding hydrogens is 545 g/mol. The lowest BCUT2D eigenvalue weighted by atomic mass is 9.87. The molecule has 0 saturated heterocycles. The number of rotatable bonds is 8. The second-order valence-corrected chi connectivity index (χ2v) is 9.91. The number of para-hydroxylation sites is 1. The smallest absolute Gasteiger partial charge is 0.379 e. The molecule has 224 valence electrons. The van der Waals surface area contributed by atoms with Gasteiger partial charge in [0.2, 0.25) is 6.41 Å². The molecule has 0 saturated carbocycles. The molecule has 0 bridgehead atoms. The Hall–Kier alpha value is -4.15. The van der Waals surface area contributed by atoms with Crippen LogP contribution in [-0.4, -0.2) is 64.8 Å². The number of halogens is 3. The number of aromatic nitrogens is 3. The summed E-state index contributed by atoms with van der Waals surface area (Å²) in [7, 11) is 3.32. The van der Waals surface area contributed by atoms with Gasteiger partial charge in [-0.2, -0.15) is 18.3 Å². The van der Waals surface area contributed by atoms with Gasteiger partial charge in [0.25, 0.3) is 0 Å². The number of amides is 1. The molecule has 0 fully saturated rings. The summed E-state index contributed by atoms with van der Waals surface area (Å²) in [6.07, 6.45) is 4.72. The maximum Gasteiger partial charge on any atom is 0.379 e. The Balaban J connectivity index is 0.000000343. The van der Waals surface area contributed by atoms with E-state index in [2.05, 4.69) is 66.1 Å². The number of alkyl halides is 3. The minimum absolute atomic E-state index is 0.606. The number of hydrogen-bond donors (Lipinski definition) is 1. The average Bonchev–Trinajstić information content (AvgIpc) is 3.58. The van der Waals surface area contributed by atoms with Gasteiger partial charge in [0, 0.05) is 55.3 Å². The number of aryl methyl sites for hydroxylation is 2. The van der Waals surface area contributed by atoms with Crippen molar-refractivity contribution >= 4 is 28.2 Å². The molecule has 0 aliphatic carbocycles. The highest BCUT2D eigenvalue weighted by Crippen LogP contribution is 2.37. The summed E-state index contributed by atoms with van der Waals surface area (Å²) in [6.45, 7) is 4.54. The van der Waals surface area contributed by atoms with Crippen LogP contribution in [0.2, 0.25) is 0 Å². The van der Waals surface area contributed by atoms with E-state index in [-0.39, 0.29) is 0 Å². The quantitative estimate of drug-likeness (QED) is 0.213. The van der Waals surface area contributed by atoms with Gasteiger partial charge in [-0.05, 0) is 56.7 Å². The van der Waals surface area contributed by atoms with Crippen molar-refractivity contribution in [2.75, 3.05) is 27.3 Å². The monoisotopic (exact) mass is 582 g/mol. The molecule has 5 aromatic rings. The van der Waals surface area contributed by atoms with E-state index >= 15 is 0 Å². The number of aliphatic hydroxyl groups is 1. The summed E-state index contributed by atoms with van der Waals surface area (Å²) in [6, 6.07) is 22.7. The highest BCUT2D eigenvalue weighted by molar-refractivity contribution is 5.86. The van der Waals surface area contributed by atoms with E-state index in [9.17, 15) is 23.1 Å². The lowest BCUT2D eigenvalue weighted by Crippen LogP contribution is -2.22. The van der Waals surface area contributed by atoms with Crippen molar-refractivity contribution in [2.45, 2.75) is 39.6 Å². The number of benzene rings is 3. The normalized spacial score (nSPS) is 12.3. The highest BCUT2D eigenvalue weighted by Gasteiger charge is 2.30. The van der Waals surface area contributed by atoms with E-state index in [1.165, 1.54) is 10.5 Å². The van der Waals surface area contributed by atoms with Crippen LogP contribution in [0.5, 0.6) is 0 Å². The minimum Gasteiger partial charge on any atom is -0.383 e. The molecular formula is C32H37F3N4O3. The van der Waals surface area contributed by atoms with Crippen LogP contribution >= 0.6 is 0 Å². The standard InChI is InChI=1S/C26H25N3O.C5H11NO2.CHF3/c1-4-28-17-23(22-7-5-6-8-25(22)28)26(3,30)20-11-14-24-19(15-20)16-27-29(24)21-12-9-18(2)10-13-21;1-6(5-7)3-4-8-2;2-1(3)4/h5-17,30H,4H2,1-3H3;5H,3-4H2,1-2H3;1H. The summed E-state index contributed by atoms with van der Waals surface area (Å²) in [5, 5.41) is 18.3. The third-order valence-corrected chi connectivity index (χ3v) is 6.89. The first-order chi connectivity index (χ1) is 20.0. The zero-order valence-corrected chi connectivity index (χ0v) is 24.5. The Morgan fingerprint density at radius 3 is 2.36 bits per heavy atom. The second kappa shape index (κ2) is 14.7. The van der Waals surface area contributed by atoms with E-state index in [0.717, 1.165) is 51.6 Å². The van der Waals surface area contributed by atoms with Crippen molar-refractivity contribution in [3.63, 3.8) is 0 Å². The third-order valence-electron chi connectivity index (χ3n) is 6.89. The van der Waals surface area contributed by atoms with E-state index in [1.807, 2.05) is 48.1 Å². The zero-order valence-electron chi connectivity index (χ0n) is 24.5. The van der Waals surface area contributed by atoms with Gasteiger partial charge < -0.3 is 19.3 Å². The van der Waals surface area contributed by atoms with Crippen LogP contribution in [0.3, 0.4) is 0 Å². The van der Waals surface area contributed by atoms with Gasteiger partial charge in [-0.15, -0.1) is 0 Å². The van der Waals surface area contributed by atoms with Crippen LogP contribution in [0.25, 0.3) is 27.5 Å². The van der Waals surface area contributed by atoms with Crippen LogP contribution < -0.4 is 0 Å². The summed E-state index contributed by atoms with van der Waals surface area (Å²) in [5.74, 6) is 0. The molecule has 1 atom stereocenters. The Bertz CT molecular complexity index is 1580. The molecule has 0 aliphatic rings. The molecule has 0 aliphatic heterocycles. The Kier molecular flexibility index (Phi) is 11.3. The van der Waals surface area contributed by atoms with Gasteiger partial charge in [0.05, 0.1) is 24.0 Å². The number of methoxy groups -OCH3 is 1. The zero-order chi connectivity index (χ0) is 30.9. The molecule has 1 unspecified atom stereocenters. The van der Waals surface area contributed by atoms with Crippen molar-refractivity contribution in [3.8, 4) is 5.69 Å². The van der Waals surface area contributed by atoms with Crippen LogP contribution in [-0.2, 0) is 21.7 Å². The second-order valence-electron chi connectivity index (χ2n) is 9.91. The SMILES string of the molecule is CCn1cc(C(C)(O)c2ccc3c(cnn3-c3ccc(C)cc3)c2)c2ccccc21.COCCN(C)C=O.FC(F)F. The molecule has 0 spiro atoms. The van der Waals surface area contributed by atoms with Crippen molar-refractivity contribution in [3.05, 3.63) is 95.8 Å². The molecule has 3 aromatic carbocycles. The van der Waals surface area contributed by atoms with E-state index in [4.69, 9.17) is 4.74 Å². The van der Waals surface area contributed by atoms with Crippen molar-refractivity contribution in [2.24, 2.45) is 0 Å². The molecule has 10 heteroatoms. The third kappa shape index (κ3) is 7.77. The largest absolute Gasteiger partial charge is 0.383 e. The topological polar surface area (TPSA) is 72.5 Å². The highest BCUT2D eigenvalue weighted by atomic mass is 19.4. The number of likely N-dealkylation sites (N-methyl/N-ethyl adjacent to an activating group) is 1. The van der Waals surface area contributed by atoms with Crippen LogP contribution in [0.1, 0.15) is 30.5 Å². The summed E-state index contributed by atoms with van der Waals surface area (Å²) >= 11 is 0. The Labute approximate surface area is 243 Å². The summed E-state index contributed by atoms with van der Waals surface area (Å²) in [4.78, 5) is 11.4. The number of nitrogens with zero attached hydrogens (tertiary/aromatic N) is 4. The maximum absolute atomic E-state index is 11.6. The Morgan fingerprint density at radius 1 is 1.07 bits per heavy atom. The molecule has 5 rings (SSSR count). The molecule has 1 amide bonds. The number of ether oxygens (including phenoxy) is 1. The van der Waals surface area contributed by atoms with Crippen LogP contribution in [0.4, 0.5) is 13.2 Å². The van der Waals surface area contributed by atoms with Gasteiger partial charge >= 0.3 is 6.68 Å². The number of carbonyl (C=O) groups excluding carboxylic acids is 1.